The Hall–Kier alpha value is -3.53. The molecule has 25 heavy (non-hydrogen) atoms. The first-order chi connectivity index (χ1) is 12.4. The monoisotopic (exact) mass is 324 g/mol. The SMILES string of the molecule is c1ccc(Nc2cc(-c3cccnc3)nc(-c3ccccc3)n2)cc1. The van der Waals surface area contributed by atoms with Crippen LogP contribution in [0.4, 0.5) is 11.5 Å². The molecule has 4 nitrogen and oxygen atoms in total. The van der Waals surface area contributed by atoms with Gasteiger partial charge in [-0.05, 0) is 24.3 Å². The fourth-order valence-electron chi connectivity index (χ4n) is 2.56. The molecule has 4 rings (SSSR count). The van der Waals surface area contributed by atoms with Gasteiger partial charge in [0.05, 0.1) is 5.69 Å². The van der Waals surface area contributed by atoms with Crippen molar-refractivity contribution in [1.29, 1.82) is 0 Å². The van der Waals surface area contributed by atoms with Gasteiger partial charge in [-0.1, -0.05) is 48.5 Å². The van der Waals surface area contributed by atoms with Crippen molar-refractivity contribution in [2.75, 3.05) is 5.32 Å². The van der Waals surface area contributed by atoms with Crippen LogP contribution in [0.2, 0.25) is 0 Å². The number of anilines is 2. The maximum absolute atomic E-state index is 4.72. The van der Waals surface area contributed by atoms with Crippen LogP contribution in [0.1, 0.15) is 0 Å². The van der Waals surface area contributed by atoms with Crippen LogP contribution in [0.3, 0.4) is 0 Å². The van der Waals surface area contributed by atoms with Crippen LogP contribution < -0.4 is 5.32 Å². The standard InChI is InChI=1S/C21H16N4/c1-3-8-16(9-4-1)21-24-19(17-10-7-13-22-15-17)14-20(25-21)23-18-11-5-2-6-12-18/h1-15H,(H,23,24,25). The Labute approximate surface area is 146 Å². The molecule has 120 valence electrons. The smallest absolute Gasteiger partial charge is 0.162 e. The van der Waals surface area contributed by atoms with Gasteiger partial charge in [-0.2, -0.15) is 0 Å². The summed E-state index contributed by atoms with van der Waals surface area (Å²) in [6.07, 6.45) is 3.56. The fraction of sp³-hybridized carbons (Fsp3) is 0. The molecule has 0 radical (unpaired) electrons. The van der Waals surface area contributed by atoms with Crippen molar-refractivity contribution in [2.24, 2.45) is 0 Å². The molecule has 0 saturated carbocycles. The van der Waals surface area contributed by atoms with Crippen molar-refractivity contribution in [1.82, 2.24) is 15.0 Å². The Morgan fingerprint density at radius 1 is 0.680 bits per heavy atom. The largest absolute Gasteiger partial charge is 0.340 e. The molecule has 0 saturated heterocycles. The molecular weight excluding hydrogens is 308 g/mol. The lowest BCUT2D eigenvalue weighted by Crippen LogP contribution is -1.99. The topological polar surface area (TPSA) is 50.7 Å². The van der Waals surface area contributed by atoms with Crippen LogP contribution in [-0.2, 0) is 0 Å². The molecule has 1 N–H and O–H groups in total. The summed E-state index contributed by atoms with van der Waals surface area (Å²) < 4.78 is 0. The van der Waals surface area contributed by atoms with Gasteiger partial charge < -0.3 is 5.32 Å². The van der Waals surface area contributed by atoms with E-state index >= 15 is 0 Å². The molecular formula is C21H16N4. The summed E-state index contributed by atoms with van der Waals surface area (Å²) in [4.78, 5) is 13.6. The predicted molar refractivity (Wildman–Crippen MR) is 100 cm³/mol. The number of para-hydroxylation sites is 1. The quantitative estimate of drug-likeness (QED) is 0.577. The van der Waals surface area contributed by atoms with E-state index < -0.39 is 0 Å². The number of aromatic nitrogens is 3. The number of nitrogens with zero attached hydrogens (tertiary/aromatic N) is 3. The highest BCUT2D eigenvalue weighted by Gasteiger charge is 2.09. The van der Waals surface area contributed by atoms with Gasteiger partial charge in [-0.15, -0.1) is 0 Å². The van der Waals surface area contributed by atoms with Gasteiger partial charge in [0, 0.05) is 35.3 Å². The minimum Gasteiger partial charge on any atom is -0.340 e. The number of pyridine rings is 1. The molecule has 0 atom stereocenters. The van der Waals surface area contributed by atoms with Gasteiger partial charge in [-0.3, -0.25) is 4.98 Å². The third-order valence-electron chi connectivity index (χ3n) is 3.76. The normalized spacial score (nSPS) is 10.4. The molecule has 0 aliphatic rings. The molecule has 4 aromatic rings. The van der Waals surface area contributed by atoms with Crippen molar-refractivity contribution in [3.8, 4) is 22.6 Å². The number of hydrogen-bond acceptors (Lipinski definition) is 4. The summed E-state index contributed by atoms with van der Waals surface area (Å²) in [5, 5.41) is 3.35. The Bertz CT molecular complexity index is 897. The third-order valence-corrected chi connectivity index (χ3v) is 3.76. The number of nitrogens with one attached hydrogen (secondary N) is 1. The fourth-order valence-corrected chi connectivity index (χ4v) is 2.56. The Balaban J connectivity index is 1.80. The van der Waals surface area contributed by atoms with Gasteiger partial charge >= 0.3 is 0 Å². The van der Waals surface area contributed by atoms with Crippen molar-refractivity contribution < 1.29 is 0 Å². The summed E-state index contributed by atoms with van der Waals surface area (Å²) in [6.45, 7) is 0. The molecule has 0 amide bonds. The highest BCUT2D eigenvalue weighted by Crippen LogP contribution is 2.25. The van der Waals surface area contributed by atoms with Crippen molar-refractivity contribution in [3.63, 3.8) is 0 Å². The van der Waals surface area contributed by atoms with E-state index in [4.69, 9.17) is 4.98 Å². The molecule has 0 aliphatic carbocycles. The maximum Gasteiger partial charge on any atom is 0.162 e. The lowest BCUT2D eigenvalue weighted by molar-refractivity contribution is 1.17. The minimum atomic E-state index is 0.681. The Kier molecular flexibility index (Phi) is 4.16. The van der Waals surface area contributed by atoms with Crippen LogP contribution >= 0.6 is 0 Å². The summed E-state index contributed by atoms with van der Waals surface area (Å²) in [5.41, 5.74) is 3.75. The average molecular weight is 324 g/mol. The first kappa shape index (κ1) is 15.0. The van der Waals surface area contributed by atoms with E-state index in [-0.39, 0.29) is 0 Å². The highest BCUT2D eigenvalue weighted by molar-refractivity contribution is 5.69. The van der Waals surface area contributed by atoms with Gasteiger partial charge in [-0.25, -0.2) is 9.97 Å². The van der Waals surface area contributed by atoms with Crippen LogP contribution in [0.5, 0.6) is 0 Å². The van der Waals surface area contributed by atoms with Crippen molar-refractivity contribution in [3.05, 3.63) is 91.3 Å². The second kappa shape index (κ2) is 6.93. The second-order valence-corrected chi connectivity index (χ2v) is 5.56. The van der Waals surface area contributed by atoms with Gasteiger partial charge in [0.15, 0.2) is 5.82 Å². The van der Waals surface area contributed by atoms with E-state index in [1.54, 1.807) is 6.20 Å². The lowest BCUT2D eigenvalue weighted by atomic mass is 10.1. The molecule has 2 heterocycles. The number of benzene rings is 2. The Morgan fingerprint density at radius 3 is 2.12 bits per heavy atom. The minimum absolute atomic E-state index is 0.681. The van der Waals surface area contributed by atoms with Gasteiger partial charge in [0.1, 0.15) is 5.82 Å². The number of rotatable bonds is 4. The van der Waals surface area contributed by atoms with Crippen LogP contribution in [0, 0.1) is 0 Å². The van der Waals surface area contributed by atoms with Crippen LogP contribution in [0.15, 0.2) is 91.3 Å². The molecule has 0 spiro atoms. The van der Waals surface area contributed by atoms with E-state index in [9.17, 15) is 0 Å². The van der Waals surface area contributed by atoms with Crippen LogP contribution in [0.25, 0.3) is 22.6 Å². The van der Waals surface area contributed by atoms with Crippen LogP contribution in [-0.4, -0.2) is 15.0 Å². The highest BCUT2D eigenvalue weighted by atomic mass is 15.0. The molecule has 4 heteroatoms. The zero-order valence-corrected chi connectivity index (χ0v) is 13.5. The van der Waals surface area contributed by atoms with E-state index in [0.717, 1.165) is 28.3 Å². The third kappa shape index (κ3) is 3.53. The number of hydrogen-bond donors (Lipinski definition) is 1. The maximum atomic E-state index is 4.72. The molecule has 0 aliphatic heterocycles. The van der Waals surface area contributed by atoms with E-state index in [1.165, 1.54) is 0 Å². The zero-order valence-electron chi connectivity index (χ0n) is 13.5. The zero-order chi connectivity index (χ0) is 16.9. The van der Waals surface area contributed by atoms with E-state index in [0.29, 0.717) is 5.82 Å². The van der Waals surface area contributed by atoms with Crippen molar-refractivity contribution in [2.45, 2.75) is 0 Å². The van der Waals surface area contributed by atoms with Crippen molar-refractivity contribution >= 4 is 11.5 Å². The van der Waals surface area contributed by atoms with E-state index in [2.05, 4.69) is 15.3 Å². The molecule has 0 bridgehead atoms. The summed E-state index contributed by atoms with van der Waals surface area (Å²) in [7, 11) is 0. The molecule has 2 aromatic carbocycles. The summed E-state index contributed by atoms with van der Waals surface area (Å²) >= 11 is 0. The predicted octanol–water partition coefficient (Wildman–Crippen LogP) is 4.95. The Morgan fingerprint density at radius 2 is 1.40 bits per heavy atom. The molecule has 2 aromatic heterocycles. The first-order valence-corrected chi connectivity index (χ1v) is 8.05. The van der Waals surface area contributed by atoms with E-state index in [1.807, 2.05) is 85.1 Å². The molecule has 0 unspecified atom stereocenters. The van der Waals surface area contributed by atoms with Gasteiger partial charge in [0.2, 0.25) is 0 Å². The molecule has 0 fully saturated rings. The lowest BCUT2D eigenvalue weighted by Gasteiger charge is -2.10. The summed E-state index contributed by atoms with van der Waals surface area (Å²) in [6, 6.07) is 25.8. The summed E-state index contributed by atoms with van der Waals surface area (Å²) in [5.74, 6) is 1.43. The van der Waals surface area contributed by atoms with Gasteiger partial charge in [0.25, 0.3) is 0 Å². The second-order valence-electron chi connectivity index (χ2n) is 5.56. The first-order valence-electron chi connectivity index (χ1n) is 8.05. The average Bonchev–Trinajstić information content (AvgIpc) is 2.70.